The molecule has 0 radical (unpaired) electrons. The molecule has 1 aliphatic rings. The number of nitrogens with zero attached hydrogens (tertiary/aromatic N) is 1. The number of hydrogen-bond donors (Lipinski definition) is 1. The summed E-state index contributed by atoms with van der Waals surface area (Å²) >= 11 is 0. The maximum atomic E-state index is 13.7. The van der Waals surface area contributed by atoms with Crippen molar-refractivity contribution in [1.82, 2.24) is 0 Å². The maximum absolute atomic E-state index is 13.7. The number of Topliss-reactive ketones (excluding diaryl/α,β-unsaturated/α-hetero) is 1. The van der Waals surface area contributed by atoms with Crippen molar-refractivity contribution >= 4 is 23.1 Å². The van der Waals surface area contributed by atoms with Crippen LogP contribution in [-0.2, 0) is 15.0 Å². The molecule has 1 fully saturated rings. The molecular formula is C28H25F2NO4. The van der Waals surface area contributed by atoms with Gasteiger partial charge in [-0.25, -0.2) is 8.78 Å². The number of hydrogen-bond acceptors (Lipinski definition) is 4. The van der Waals surface area contributed by atoms with Crippen LogP contribution in [0.1, 0.15) is 43.5 Å². The Kier molecular flexibility index (Phi) is 6.19. The van der Waals surface area contributed by atoms with Gasteiger partial charge in [0.25, 0.3) is 11.7 Å². The molecule has 0 aromatic heterocycles. The van der Waals surface area contributed by atoms with Gasteiger partial charge in [0.1, 0.15) is 23.1 Å². The van der Waals surface area contributed by atoms with E-state index in [0.29, 0.717) is 16.9 Å². The van der Waals surface area contributed by atoms with Gasteiger partial charge in [-0.2, -0.15) is 0 Å². The first-order valence-corrected chi connectivity index (χ1v) is 11.0. The van der Waals surface area contributed by atoms with Gasteiger partial charge in [0, 0.05) is 16.8 Å². The van der Waals surface area contributed by atoms with Crippen molar-refractivity contribution in [1.29, 1.82) is 0 Å². The summed E-state index contributed by atoms with van der Waals surface area (Å²) in [7, 11) is 1.55. The summed E-state index contributed by atoms with van der Waals surface area (Å²) in [6.07, 6.45) is 0. The second-order valence-electron chi connectivity index (χ2n) is 9.36. The van der Waals surface area contributed by atoms with E-state index in [9.17, 15) is 23.5 Å². The molecule has 0 bridgehead atoms. The first-order chi connectivity index (χ1) is 16.5. The summed E-state index contributed by atoms with van der Waals surface area (Å²) in [5.74, 6) is -2.51. The monoisotopic (exact) mass is 477 g/mol. The smallest absolute Gasteiger partial charge is 0.300 e. The standard InChI is InChI=1S/C28H25F2NO4/c1-28(2,3)21-15-17(7-14-22(21)35-4)25(32)23-24(16-5-8-18(29)9-6-16)31(27(34)26(23)33)20-12-10-19(30)11-13-20/h5-15,24,32H,1-4H3/b25-23-. The predicted octanol–water partition coefficient (Wildman–Crippen LogP) is 5.90. The fourth-order valence-corrected chi connectivity index (χ4v) is 4.26. The first kappa shape index (κ1) is 24.1. The lowest BCUT2D eigenvalue weighted by Gasteiger charge is -2.26. The topological polar surface area (TPSA) is 66.8 Å². The molecule has 1 saturated heterocycles. The van der Waals surface area contributed by atoms with Crippen LogP contribution >= 0.6 is 0 Å². The Labute approximate surface area is 202 Å². The third-order valence-corrected chi connectivity index (χ3v) is 6.02. The molecule has 35 heavy (non-hydrogen) atoms. The SMILES string of the molecule is COc1ccc(/C(O)=C2/C(=O)C(=O)N(c3ccc(F)cc3)C2c2ccc(F)cc2)cc1C(C)(C)C. The summed E-state index contributed by atoms with van der Waals surface area (Å²) in [6.45, 7) is 5.96. The minimum Gasteiger partial charge on any atom is -0.507 e. The van der Waals surface area contributed by atoms with Crippen LogP contribution in [0.15, 0.2) is 72.3 Å². The van der Waals surface area contributed by atoms with Gasteiger partial charge in [-0.15, -0.1) is 0 Å². The zero-order valence-electron chi connectivity index (χ0n) is 19.8. The number of anilines is 1. The Morgan fingerprint density at radius 1 is 0.914 bits per heavy atom. The Morgan fingerprint density at radius 2 is 1.49 bits per heavy atom. The number of rotatable bonds is 4. The normalized spacial score (nSPS) is 17.7. The highest BCUT2D eigenvalue weighted by Crippen LogP contribution is 2.43. The Morgan fingerprint density at radius 3 is 2.03 bits per heavy atom. The number of aliphatic hydroxyl groups is 1. The van der Waals surface area contributed by atoms with Crippen molar-refractivity contribution in [2.24, 2.45) is 0 Å². The van der Waals surface area contributed by atoms with Gasteiger partial charge in [-0.1, -0.05) is 32.9 Å². The van der Waals surface area contributed by atoms with Gasteiger partial charge in [0.15, 0.2) is 0 Å². The van der Waals surface area contributed by atoms with Crippen molar-refractivity contribution < 1.29 is 28.2 Å². The summed E-state index contributed by atoms with van der Waals surface area (Å²) in [6, 6.07) is 14.4. The minimum atomic E-state index is -1.04. The molecule has 0 aliphatic carbocycles. The molecule has 0 saturated carbocycles. The van der Waals surface area contributed by atoms with Gasteiger partial charge in [0.2, 0.25) is 0 Å². The van der Waals surface area contributed by atoms with E-state index >= 15 is 0 Å². The molecule has 3 aromatic carbocycles. The lowest BCUT2D eigenvalue weighted by molar-refractivity contribution is -0.132. The summed E-state index contributed by atoms with van der Waals surface area (Å²) in [5.41, 5.74) is 1.34. The molecule has 1 N–H and O–H groups in total. The van der Waals surface area contributed by atoms with Crippen molar-refractivity contribution in [3.05, 3.63) is 101 Å². The van der Waals surface area contributed by atoms with Crippen LogP contribution in [0.2, 0.25) is 0 Å². The molecule has 1 unspecified atom stereocenters. The number of ether oxygens (including phenoxy) is 1. The average molecular weight is 478 g/mol. The molecule has 4 rings (SSSR count). The highest BCUT2D eigenvalue weighted by atomic mass is 19.1. The second kappa shape index (κ2) is 8.98. The van der Waals surface area contributed by atoms with Crippen LogP contribution in [-0.4, -0.2) is 23.9 Å². The summed E-state index contributed by atoms with van der Waals surface area (Å²) in [5, 5.41) is 11.4. The van der Waals surface area contributed by atoms with Crippen LogP contribution in [0.4, 0.5) is 14.5 Å². The Hall–Kier alpha value is -4.00. The lowest BCUT2D eigenvalue weighted by atomic mass is 9.84. The summed E-state index contributed by atoms with van der Waals surface area (Å²) < 4.78 is 32.7. The zero-order chi connectivity index (χ0) is 25.5. The molecule has 1 atom stereocenters. The molecule has 0 spiro atoms. The number of carbonyl (C=O) groups is 2. The van der Waals surface area contributed by atoms with Crippen LogP contribution < -0.4 is 9.64 Å². The fraction of sp³-hybridized carbons (Fsp3) is 0.214. The summed E-state index contributed by atoms with van der Waals surface area (Å²) in [4.78, 5) is 27.6. The van der Waals surface area contributed by atoms with E-state index in [2.05, 4.69) is 0 Å². The number of carbonyl (C=O) groups excluding carboxylic acids is 2. The molecule has 1 aliphatic heterocycles. The molecule has 3 aromatic rings. The number of ketones is 1. The van der Waals surface area contributed by atoms with Gasteiger partial charge in [-0.05, 0) is 65.6 Å². The first-order valence-electron chi connectivity index (χ1n) is 11.0. The molecular weight excluding hydrogens is 452 g/mol. The largest absolute Gasteiger partial charge is 0.507 e. The van der Waals surface area contributed by atoms with Crippen LogP contribution in [0.3, 0.4) is 0 Å². The number of aliphatic hydroxyl groups excluding tert-OH is 1. The molecule has 1 heterocycles. The van der Waals surface area contributed by atoms with Crippen molar-refractivity contribution in [2.75, 3.05) is 12.0 Å². The molecule has 180 valence electrons. The fourth-order valence-electron chi connectivity index (χ4n) is 4.26. The Balaban J connectivity index is 1.95. The minimum absolute atomic E-state index is 0.143. The van der Waals surface area contributed by atoms with E-state index in [1.165, 1.54) is 53.4 Å². The van der Waals surface area contributed by atoms with E-state index < -0.39 is 29.4 Å². The van der Waals surface area contributed by atoms with Crippen LogP contribution in [0.5, 0.6) is 5.75 Å². The number of benzene rings is 3. The predicted molar refractivity (Wildman–Crippen MR) is 129 cm³/mol. The molecule has 1 amide bonds. The Bertz CT molecular complexity index is 1320. The second-order valence-corrected chi connectivity index (χ2v) is 9.36. The third-order valence-electron chi connectivity index (χ3n) is 6.02. The molecule has 7 heteroatoms. The quantitative estimate of drug-likeness (QED) is 0.289. The van der Waals surface area contributed by atoms with E-state index in [0.717, 1.165) is 5.56 Å². The lowest BCUT2D eigenvalue weighted by Crippen LogP contribution is -2.29. The van der Waals surface area contributed by atoms with Gasteiger partial charge in [-0.3, -0.25) is 14.5 Å². The maximum Gasteiger partial charge on any atom is 0.300 e. The van der Waals surface area contributed by atoms with E-state index in [4.69, 9.17) is 4.74 Å². The van der Waals surface area contributed by atoms with Gasteiger partial charge < -0.3 is 9.84 Å². The third kappa shape index (κ3) is 4.41. The van der Waals surface area contributed by atoms with E-state index in [1.54, 1.807) is 25.3 Å². The van der Waals surface area contributed by atoms with Gasteiger partial charge >= 0.3 is 0 Å². The number of amides is 1. The van der Waals surface area contributed by atoms with Gasteiger partial charge in [0.05, 0.1) is 18.7 Å². The highest BCUT2D eigenvalue weighted by Gasteiger charge is 2.47. The van der Waals surface area contributed by atoms with E-state index in [1.807, 2.05) is 20.8 Å². The highest BCUT2D eigenvalue weighted by molar-refractivity contribution is 6.51. The number of halogens is 2. The van der Waals surface area contributed by atoms with Crippen molar-refractivity contribution in [3.63, 3.8) is 0 Å². The van der Waals surface area contributed by atoms with Crippen molar-refractivity contribution in [3.8, 4) is 5.75 Å². The molecule has 5 nitrogen and oxygen atoms in total. The van der Waals surface area contributed by atoms with Crippen LogP contribution in [0, 0.1) is 11.6 Å². The average Bonchev–Trinajstić information content (AvgIpc) is 3.09. The van der Waals surface area contributed by atoms with E-state index in [-0.39, 0.29) is 22.4 Å². The zero-order valence-corrected chi connectivity index (χ0v) is 19.8. The number of methoxy groups -OCH3 is 1. The van der Waals surface area contributed by atoms with Crippen LogP contribution in [0.25, 0.3) is 5.76 Å². The van der Waals surface area contributed by atoms with Crippen molar-refractivity contribution in [2.45, 2.75) is 32.2 Å².